The molecule has 0 radical (unpaired) electrons. The first-order chi connectivity index (χ1) is 12.9. The van der Waals surface area contributed by atoms with Crippen molar-refractivity contribution in [1.82, 2.24) is 9.97 Å². The van der Waals surface area contributed by atoms with Crippen molar-refractivity contribution in [1.29, 1.82) is 0 Å². The normalized spacial score (nSPS) is 20.4. The molecule has 2 atom stereocenters. The lowest BCUT2D eigenvalue weighted by Crippen LogP contribution is -2.34. The highest BCUT2D eigenvalue weighted by atomic mass is 32.2. The van der Waals surface area contributed by atoms with Crippen molar-refractivity contribution < 1.29 is 17.9 Å². The number of aromatic nitrogens is 2. The molecule has 2 aromatic rings. The molecule has 1 saturated carbocycles. The predicted molar refractivity (Wildman–Crippen MR) is 104 cm³/mol. The van der Waals surface area contributed by atoms with Gasteiger partial charge in [0.25, 0.3) is 0 Å². The molecule has 146 valence electrons. The average molecular weight is 410 g/mol. The second-order valence-corrected chi connectivity index (χ2v) is 10.2. The highest BCUT2D eigenvalue weighted by molar-refractivity contribution is 7.93. The number of rotatable bonds is 6. The van der Waals surface area contributed by atoms with Crippen LogP contribution in [0.3, 0.4) is 0 Å². The van der Waals surface area contributed by atoms with E-state index in [0.717, 1.165) is 11.3 Å². The fourth-order valence-electron chi connectivity index (χ4n) is 3.18. The molecule has 0 bridgehead atoms. The van der Waals surface area contributed by atoms with Crippen molar-refractivity contribution in [3.8, 4) is 5.75 Å². The number of carbonyl (C=O) groups is 1. The average Bonchev–Trinajstić information content (AvgIpc) is 3.18. The van der Waals surface area contributed by atoms with Crippen molar-refractivity contribution in [3.63, 3.8) is 0 Å². The van der Waals surface area contributed by atoms with E-state index in [0.29, 0.717) is 37.3 Å². The lowest BCUT2D eigenvalue weighted by molar-refractivity contribution is -0.120. The molecule has 0 saturated heterocycles. The number of ether oxygens (including phenoxy) is 1. The van der Waals surface area contributed by atoms with Crippen LogP contribution in [0.15, 0.2) is 34.2 Å². The van der Waals surface area contributed by atoms with Gasteiger partial charge in [-0.15, -0.1) is 11.3 Å². The number of carbonyl (C=O) groups excluding carboxylic acids is 1. The molecule has 0 aromatic carbocycles. The van der Waals surface area contributed by atoms with E-state index in [4.69, 9.17) is 4.74 Å². The van der Waals surface area contributed by atoms with Crippen LogP contribution in [0.4, 0.5) is 5.82 Å². The summed E-state index contributed by atoms with van der Waals surface area (Å²) in [4.78, 5) is 20.7. The molecule has 2 heterocycles. The van der Waals surface area contributed by atoms with Crippen LogP contribution >= 0.6 is 11.3 Å². The van der Waals surface area contributed by atoms with Gasteiger partial charge in [0.1, 0.15) is 11.6 Å². The minimum Gasteiger partial charge on any atom is -0.489 e. The lowest BCUT2D eigenvalue weighted by Gasteiger charge is -2.27. The van der Waals surface area contributed by atoms with Gasteiger partial charge in [-0.3, -0.25) is 4.79 Å². The first-order valence-electron chi connectivity index (χ1n) is 8.93. The Kier molecular flexibility index (Phi) is 6.11. The molecule has 27 heavy (non-hydrogen) atoms. The summed E-state index contributed by atoms with van der Waals surface area (Å²) in [6.07, 6.45) is 5.33. The number of nitrogens with one attached hydrogen (secondary N) is 1. The molecule has 1 fully saturated rings. The van der Waals surface area contributed by atoms with Crippen LogP contribution < -0.4 is 10.1 Å². The number of hydrogen-bond donors (Lipinski definition) is 1. The number of anilines is 1. The minimum absolute atomic E-state index is 0.0474. The van der Waals surface area contributed by atoms with Crippen LogP contribution in [-0.2, 0) is 14.6 Å². The molecule has 1 N–H and O–H groups in total. The minimum atomic E-state index is -3.48. The molecule has 1 amide bonds. The van der Waals surface area contributed by atoms with Crippen LogP contribution in [0.2, 0.25) is 0 Å². The third-order valence-corrected chi connectivity index (χ3v) is 7.90. The Labute approximate surface area is 163 Å². The van der Waals surface area contributed by atoms with Crippen molar-refractivity contribution >= 4 is 32.9 Å². The first-order valence-corrected chi connectivity index (χ1v) is 11.4. The Morgan fingerprint density at radius 1 is 1.30 bits per heavy atom. The van der Waals surface area contributed by atoms with Crippen LogP contribution in [0.5, 0.6) is 5.75 Å². The third-order valence-electron chi connectivity index (χ3n) is 4.45. The zero-order valence-electron chi connectivity index (χ0n) is 15.3. The molecule has 3 rings (SSSR count). The van der Waals surface area contributed by atoms with Gasteiger partial charge in [0.2, 0.25) is 20.1 Å². The number of sulfone groups is 1. The summed E-state index contributed by atoms with van der Waals surface area (Å²) in [7, 11) is -3.48. The monoisotopic (exact) mass is 409 g/mol. The van der Waals surface area contributed by atoms with E-state index in [1.54, 1.807) is 23.7 Å². The molecular formula is C18H23N3O4S2. The summed E-state index contributed by atoms with van der Waals surface area (Å²) >= 11 is 1.12. The first kappa shape index (κ1) is 19.8. The van der Waals surface area contributed by atoms with Crippen molar-refractivity contribution in [2.75, 3.05) is 5.32 Å². The Balaban J connectivity index is 1.63. The lowest BCUT2D eigenvalue weighted by atomic mass is 9.88. The van der Waals surface area contributed by atoms with Crippen LogP contribution in [-0.4, -0.2) is 35.6 Å². The fourth-order valence-corrected chi connectivity index (χ4v) is 6.11. The van der Waals surface area contributed by atoms with Crippen LogP contribution in [0.25, 0.3) is 0 Å². The van der Waals surface area contributed by atoms with Gasteiger partial charge < -0.3 is 10.1 Å². The Morgan fingerprint density at radius 2 is 2.11 bits per heavy atom. The van der Waals surface area contributed by atoms with Crippen molar-refractivity contribution in [2.24, 2.45) is 5.92 Å². The summed E-state index contributed by atoms with van der Waals surface area (Å²) in [6.45, 7) is 3.85. The topological polar surface area (TPSA) is 98.2 Å². The van der Waals surface area contributed by atoms with Crippen molar-refractivity contribution in [3.05, 3.63) is 29.9 Å². The Morgan fingerprint density at radius 3 is 2.74 bits per heavy atom. The van der Waals surface area contributed by atoms with Crippen molar-refractivity contribution in [2.45, 2.75) is 55.2 Å². The summed E-state index contributed by atoms with van der Waals surface area (Å²) in [5, 5.41) is 3.87. The van der Waals surface area contributed by atoms with Gasteiger partial charge in [0.15, 0.2) is 0 Å². The molecule has 1 aliphatic carbocycles. The molecule has 1 aliphatic rings. The zero-order chi connectivity index (χ0) is 19.4. The van der Waals surface area contributed by atoms with E-state index < -0.39 is 15.1 Å². The zero-order valence-corrected chi connectivity index (χ0v) is 16.9. The van der Waals surface area contributed by atoms with Gasteiger partial charge in [-0.1, -0.05) is 6.42 Å². The van der Waals surface area contributed by atoms with Crippen LogP contribution in [0.1, 0.15) is 39.5 Å². The largest absolute Gasteiger partial charge is 0.489 e. The summed E-state index contributed by atoms with van der Waals surface area (Å²) < 4.78 is 31.0. The molecule has 0 unspecified atom stereocenters. The Bertz CT molecular complexity index is 865. The summed E-state index contributed by atoms with van der Waals surface area (Å²) in [5.74, 6) is 0.516. The van der Waals surface area contributed by atoms with E-state index in [1.165, 1.54) is 6.20 Å². The van der Waals surface area contributed by atoms with Gasteiger partial charge in [0, 0.05) is 17.5 Å². The van der Waals surface area contributed by atoms with E-state index >= 15 is 0 Å². The van der Waals surface area contributed by atoms with Crippen LogP contribution in [0, 0.1) is 5.92 Å². The van der Waals surface area contributed by atoms with Gasteiger partial charge in [-0.25, -0.2) is 18.4 Å². The van der Waals surface area contributed by atoms with Gasteiger partial charge in [-0.05, 0) is 45.2 Å². The number of nitrogens with zero attached hydrogens (tertiary/aromatic N) is 2. The smallest absolute Gasteiger partial charge is 0.228 e. The maximum atomic E-state index is 12.7. The second kappa shape index (κ2) is 8.35. The summed E-state index contributed by atoms with van der Waals surface area (Å²) in [5.41, 5.74) is 0. The standard InChI is InChI=1S/C18H23N3O4S2/c1-12(2)25-14-6-7-16(20-11-14)21-17(22)13-4-3-5-15(10-13)27(23,24)18-19-8-9-26-18/h6-9,11-13,15H,3-5,10H2,1-2H3,(H,20,21,22)/t13-,15-/m1/s1. The predicted octanol–water partition coefficient (Wildman–Crippen LogP) is 3.30. The molecule has 2 aromatic heterocycles. The molecule has 0 spiro atoms. The second-order valence-electron chi connectivity index (χ2n) is 6.86. The number of pyridine rings is 1. The maximum Gasteiger partial charge on any atom is 0.228 e. The number of hydrogen-bond acceptors (Lipinski definition) is 7. The Hall–Kier alpha value is -2.00. The molecule has 9 heteroatoms. The highest BCUT2D eigenvalue weighted by Crippen LogP contribution is 2.33. The highest BCUT2D eigenvalue weighted by Gasteiger charge is 2.37. The number of thiazole rings is 1. The fraction of sp³-hybridized carbons (Fsp3) is 0.500. The molecule has 7 nitrogen and oxygen atoms in total. The van der Waals surface area contributed by atoms with Gasteiger partial charge in [-0.2, -0.15) is 0 Å². The van der Waals surface area contributed by atoms with E-state index in [9.17, 15) is 13.2 Å². The van der Waals surface area contributed by atoms with E-state index in [1.807, 2.05) is 13.8 Å². The quantitative estimate of drug-likeness (QED) is 0.786. The van der Waals surface area contributed by atoms with E-state index in [2.05, 4.69) is 15.3 Å². The SMILES string of the molecule is CC(C)Oc1ccc(NC(=O)[C@@H]2CCC[C@@H](S(=O)(=O)c3nccs3)C2)nc1. The maximum absolute atomic E-state index is 12.7. The summed E-state index contributed by atoms with van der Waals surface area (Å²) in [6, 6.07) is 3.43. The van der Waals surface area contributed by atoms with E-state index in [-0.39, 0.29) is 22.3 Å². The number of amides is 1. The molecular weight excluding hydrogens is 386 g/mol. The molecule has 0 aliphatic heterocycles. The van der Waals surface area contributed by atoms with Gasteiger partial charge in [0.05, 0.1) is 17.6 Å². The van der Waals surface area contributed by atoms with Gasteiger partial charge >= 0.3 is 0 Å². The third kappa shape index (κ3) is 4.84.